The number of halogens is 2. The summed E-state index contributed by atoms with van der Waals surface area (Å²) in [5, 5.41) is 21.5. The van der Waals surface area contributed by atoms with E-state index in [1.54, 1.807) is 0 Å². The zero-order valence-electron chi connectivity index (χ0n) is 87.7. The second-order valence-corrected chi connectivity index (χ2v) is 54.7. The first-order chi connectivity index (χ1) is 67.9. The molecule has 26 heteroatoms. The van der Waals surface area contributed by atoms with Gasteiger partial charge in [-0.05, 0) is 368 Å². The van der Waals surface area contributed by atoms with Crippen molar-refractivity contribution in [3.05, 3.63) is 34.9 Å². The summed E-state index contributed by atoms with van der Waals surface area (Å²) < 4.78 is 48.2. The van der Waals surface area contributed by atoms with Crippen molar-refractivity contribution in [3.63, 3.8) is 0 Å². The molecule has 0 spiro atoms. The first-order valence-electron chi connectivity index (χ1n) is 55.9. The van der Waals surface area contributed by atoms with Crippen LogP contribution in [0.4, 0.5) is 0 Å². The maximum absolute atomic E-state index is 12.9. The van der Waals surface area contributed by atoms with Gasteiger partial charge in [0.1, 0.15) is 50.5 Å². The Morgan fingerprint density at radius 3 is 1.25 bits per heavy atom. The minimum absolute atomic E-state index is 0.0127. The van der Waals surface area contributed by atoms with E-state index in [1.807, 2.05) is 13.0 Å². The van der Waals surface area contributed by atoms with Crippen molar-refractivity contribution in [2.24, 2.45) is 173 Å². The van der Waals surface area contributed by atoms with Crippen LogP contribution in [0, 0.1) is 173 Å². The van der Waals surface area contributed by atoms with Crippen LogP contribution < -0.4 is 0 Å². The molecule has 0 aromatic heterocycles. The molecule has 0 radical (unpaired) electrons. The fraction of sp³-hybridized carbons (Fsp3) is 0.838. The van der Waals surface area contributed by atoms with Crippen LogP contribution in [0.3, 0.4) is 0 Å². The van der Waals surface area contributed by atoms with Gasteiger partial charge in [-0.3, -0.25) is 62.3 Å². The molecule has 0 amide bonds. The molecular formula is C117H166Br2O24. The van der Waals surface area contributed by atoms with Gasteiger partial charge in [0.15, 0.2) is 28.9 Å². The lowest BCUT2D eigenvalue weighted by atomic mass is 9.44. The third-order valence-electron chi connectivity index (χ3n) is 46.8. The van der Waals surface area contributed by atoms with E-state index in [4.69, 9.17) is 42.6 Å². The van der Waals surface area contributed by atoms with E-state index in [2.05, 4.69) is 99.4 Å². The lowest BCUT2D eigenvalue weighted by Gasteiger charge is -2.65. The van der Waals surface area contributed by atoms with Crippen LogP contribution in [0.15, 0.2) is 34.9 Å². The van der Waals surface area contributed by atoms with Gasteiger partial charge < -0.3 is 52.8 Å². The highest BCUT2D eigenvalue weighted by Crippen LogP contribution is 2.77. The van der Waals surface area contributed by atoms with E-state index in [1.165, 1.54) is 70.1 Å². The van der Waals surface area contributed by atoms with Crippen LogP contribution in [0.1, 0.15) is 347 Å². The number of carbonyl (C=O) groups is 13. The smallest absolute Gasteiger partial charge is 0.303 e. The molecule has 2 heterocycles. The van der Waals surface area contributed by atoms with Gasteiger partial charge in [-0.1, -0.05) is 117 Å². The number of hydrogen-bond acceptors (Lipinski definition) is 24. The second kappa shape index (κ2) is 40.8. The van der Waals surface area contributed by atoms with Gasteiger partial charge in [0.25, 0.3) is 19.4 Å². The van der Waals surface area contributed by atoms with Gasteiger partial charge >= 0.3 is 23.9 Å². The summed E-state index contributed by atoms with van der Waals surface area (Å²) in [4.78, 5) is 153. The van der Waals surface area contributed by atoms with E-state index in [9.17, 15) is 72.5 Å². The molecule has 2 saturated heterocycles. The first kappa shape index (κ1) is 107. The standard InChI is InChI=1S/C24H33BrO6.C24H35BrO6.C24H34O5.C23H34O4.C22H30O3/c1-14(27)29-11-20(28)19-4-3-17-16-9-21-24(25)10-15(31-13-26)5-8-23(24,12-30-21)18(16)6-7-22(17,19)2;1-14(27)30-12-20(28)19-5-4-17-16-10-21(29)24(25)11-15(31-13-26)6-9-23(24,3)18(16)7-8-22(17,19)2;1-15(26)28-13-22(27)21-7-6-19-18-5-4-16-12-17(29-14-25)8-10-23(16,2)20(18)9-11-24(19,21)3;1-14(24)27-13-21(26)20-7-6-18-17-5-4-15-12-16(25)8-10-22(15,2)19(17)9-11-23(18,20)3;1-3-19(24)17-5-4-15-14-11-20-18-10-13(23)6-9-22(18,12-25-20)16(14)7-8-21(15,17)2/h13,15-19,21H,3-12H2,1-2H3;13,15-19,21,29H,4-12H2,1-3H3;4,14,17-21H,5-13H2,1-3H3;4,16-20,25H,5-13H2,1-3H3;10,14-17,20H,3-9,11-12H2,1-2H3/t15-,16?,17?,18?,19+,21+,22-,23-,24-;15-,16?,17?,18?,19+,21+,22-,23+,24-;17-,18?,19?,20?,21+,23-,24-;16-,17?,18?,19?,20+,22-,23-;14?,15?,16?,17-,20-,21+,22+/m00001/s1. The quantitative estimate of drug-likeness (QED) is 0.0376. The predicted octanol–water partition coefficient (Wildman–Crippen LogP) is 20.0. The minimum atomic E-state index is -0.519. The summed E-state index contributed by atoms with van der Waals surface area (Å²) in [7, 11) is 0. The normalized spacial score (nSPS) is 47.7. The summed E-state index contributed by atoms with van der Waals surface area (Å²) >= 11 is 8.13. The molecule has 24 nitrogen and oxygen atoms in total. The number of rotatable bonds is 20. The van der Waals surface area contributed by atoms with Crippen molar-refractivity contribution < 1.29 is 115 Å². The Kier molecular flexibility index (Phi) is 30.6. The van der Waals surface area contributed by atoms with E-state index in [0.717, 1.165) is 219 Å². The van der Waals surface area contributed by atoms with Crippen LogP contribution >= 0.6 is 31.9 Å². The molecule has 792 valence electrons. The van der Waals surface area contributed by atoms with E-state index < -0.39 is 16.4 Å². The zero-order valence-corrected chi connectivity index (χ0v) is 90.9. The SMILES string of the molecule is CC(=O)OCC(=O)[C@H]1CCC2C3CC=C4C[C@@H](O)CC[C@]4(C)C3CC[C@@]21C.CC(=O)OCC(=O)[C@H]1CCC2C3CC=C4C[C@@H](OC=O)CC[C@]4(C)C3CC[C@@]21C.CC(=O)OCC(=O)[C@H]1CCC2C3C[C@@H](O)[C@@]4(Br)C[C@@H](OC=O)CC[C@]4(C)C3CC[C@@]21C.CC(=O)OCC(=O)[C@H]1CCC2C3C[C@H]4OC[C@@]5(CC[C@H](OC=O)C[C@]45Br)C3CC[C@@]21C.CCC(=O)[C@H]1CCC2C3C[C@H]4OC[C@@]5(CCC(=O)C=C45)C3CC[C@@]21C. The molecule has 20 aliphatic carbocycles. The molecule has 22 aliphatic rings. The van der Waals surface area contributed by atoms with Gasteiger partial charge in [0.05, 0.1) is 46.3 Å². The van der Waals surface area contributed by atoms with Crippen molar-refractivity contribution >= 4 is 110 Å². The van der Waals surface area contributed by atoms with Gasteiger partial charge in [0, 0.05) is 100 Å². The molecule has 17 saturated carbocycles. The number of fused-ring (bicyclic) bond motifs is 21. The molecule has 4 bridgehead atoms. The molecule has 2 aliphatic heterocycles. The Morgan fingerprint density at radius 1 is 0.399 bits per heavy atom. The summed E-state index contributed by atoms with van der Waals surface area (Å²) in [6.45, 7) is 29.2. The number of Topliss-reactive ketones (excluding diaryl/α,β-unsaturated/α-hetero) is 5. The number of ketones is 6. The van der Waals surface area contributed by atoms with Crippen LogP contribution in [0.5, 0.6) is 0 Å². The van der Waals surface area contributed by atoms with Gasteiger partial charge in [-0.15, -0.1) is 0 Å². The molecule has 0 aromatic rings. The van der Waals surface area contributed by atoms with Crippen LogP contribution in [0.25, 0.3) is 0 Å². The number of esters is 4. The highest BCUT2D eigenvalue weighted by molar-refractivity contribution is 9.10. The molecular weight excluding hydrogens is 1950 g/mol. The van der Waals surface area contributed by atoms with Crippen LogP contribution in [-0.2, 0) is 105 Å². The molecule has 39 atom stereocenters. The number of allylic oxidation sites excluding steroid dienone is 2. The van der Waals surface area contributed by atoms with Crippen molar-refractivity contribution in [3.8, 4) is 0 Å². The molecule has 19 fully saturated rings. The number of carbonyl (C=O) groups excluding carboxylic acids is 13. The largest absolute Gasteiger partial charge is 0.465 e. The molecule has 22 rings (SSSR count). The third kappa shape index (κ3) is 18.1. The lowest BCUT2D eigenvalue weighted by Crippen LogP contribution is -2.66. The van der Waals surface area contributed by atoms with Crippen molar-refractivity contribution in [1.29, 1.82) is 0 Å². The highest BCUT2D eigenvalue weighted by atomic mass is 79.9. The number of aliphatic hydroxyl groups is 2. The molecule has 143 heavy (non-hydrogen) atoms. The van der Waals surface area contributed by atoms with Crippen molar-refractivity contribution in [2.75, 3.05) is 39.6 Å². The predicted molar refractivity (Wildman–Crippen MR) is 538 cm³/mol. The summed E-state index contributed by atoms with van der Waals surface area (Å²) in [6, 6.07) is 0. The topological polar surface area (TPSA) is 345 Å². The number of ether oxygens (including phenoxy) is 9. The summed E-state index contributed by atoms with van der Waals surface area (Å²) in [6.07, 6.45) is 45.8. The van der Waals surface area contributed by atoms with Gasteiger partial charge in [-0.25, -0.2) is 0 Å². The Morgan fingerprint density at radius 2 is 0.790 bits per heavy atom. The monoisotopic (exact) mass is 2110 g/mol. The summed E-state index contributed by atoms with van der Waals surface area (Å²) in [5.41, 5.74) is 5.08. The third-order valence-corrected chi connectivity index (χ3v) is 50.1. The average molecular weight is 2120 g/mol. The maximum atomic E-state index is 12.9. The number of aliphatic hydroxyl groups excluding tert-OH is 2. The maximum Gasteiger partial charge on any atom is 0.303 e. The van der Waals surface area contributed by atoms with Crippen molar-refractivity contribution in [2.45, 2.75) is 398 Å². The molecule has 0 aromatic carbocycles. The second-order valence-electron chi connectivity index (χ2n) is 51.9. The first-order valence-corrected chi connectivity index (χ1v) is 57.5. The Hall–Kier alpha value is -5.67. The van der Waals surface area contributed by atoms with E-state index in [0.29, 0.717) is 145 Å². The van der Waals surface area contributed by atoms with E-state index in [-0.39, 0.29) is 192 Å². The van der Waals surface area contributed by atoms with Crippen LogP contribution in [0.2, 0.25) is 0 Å². The van der Waals surface area contributed by atoms with Crippen LogP contribution in [-0.4, -0.2) is 179 Å². The average Bonchev–Trinajstić information content (AvgIpc) is 1.55. The minimum Gasteiger partial charge on any atom is -0.465 e. The molecule has 2 N–H and O–H groups in total. The number of alkyl halides is 2. The highest BCUT2D eigenvalue weighted by Gasteiger charge is 2.75. The van der Waals surface area contributed by atoms with Crippen molar-refractivity contribution in [1.82, 2.24) is 0 Å². The number of hydrogen-bond donors (Lipinski definition) is 2. The summed E-state index contributed by atoms with van der Waals surface area (Å²) in [5.74, 6) is 8.51. The van der Waals surface area contributed by atoms with Gasteiger partial charge in [-0.2, -0.15) is 0 Å². The lowest BCUT2D eigenvalue weighted by molar-refractivity contribution is -0.165. The molecule has 15 unspecified atom stereocenters. The Labute approximate surface area is 864 Å². The Bertz CT molecular complexity index is 4940. The fourth-order valence-electron chi connectivity index (χ4n) is 39.8. The fourth-order valence-corrected chi connectivity index (χ4v) is 42.1. The Balaban J connectivity index is 0.000000118. The van der Waals surface area contributed by atoms with E-state index >= 15 is 0 Å². The van der Waals surface area contributed by atoms with Gasteiger partial charge in [0.2, 0.25) is 0 Å². The zero-order chi connectivity index (χ0) is 102.